The highest BCUT2D eigenvalue weighted by atomic mass is 15.3. The predicted octanol–water partition coefficient (Wildman–Crippen LogP) is 2.29. The van der Waals surface area contributed by atoms with Gasteiger partial charge in [0.05, 0.1) is 11.9 Å². The first-order valence-corrected chi connectivity index (χ1v) is 5.61. The first-order chi connectivity index (χ1) is 7.81. The Morgan fingerprint density at radius 2 is 2.12 bits per heavy atom. The maximum Gasteiger partial charge on any atom is 0.0690 e. The fourth-order valence-electron chi connectivity index (χ4n) is 1.69. The van der Waals surface area contributed by atoms with Gasteiger partial charge in [0.1, 0.15) is 0 Å². The molecule has 16 heavy (non-hydrogen) atoms. The minimum Gasteiger partial charge on any atom is -0.313 e. The second-order valence-electron chi connectivity index (χ2n) is 3.87. The molecular weight excluding hydrogens is 198 g/mol. The molecule has 0 bridgehead atoms. The lowest BCUT2D eigenvalue weighted by Crippen LogP contribution is -2.13. The smallest absolute Gasteiger partial charge is 0.0690 e. The van der Waals surface area contributed by atoms with E-state index in [-0.39, 0.29) is 0 Å². The molecule has 0 saturated heterocycles. The minimum absolute atomic E-state index is 0.881. The van der Waals surface area contributed by atoms with Gasteiger partial charge in [-0.2, -0.15) is 5.10 Å². The van der Waals surface area contributed by atoms with Crippen LogP contribution in [0.3, 0.4) is 0 Å². The zero-order valence-electron chi connectivity index (χ0n) is 9.77. The second-order valence-corrected chi connectivity index (χ2v) is 3.87. The van der Waals surface area contributed by atoms with Gasteiger partial charge < -0.3 is 5.32 Å². The van der Waals surface area contributed by atoms with E-state index >= 15 is 0 Å². The van der Waals surface area contributed by atoms with Crippen molar-refractivity contribution >= 4 is 0 Å². The molecule has 2 aromatic rings. The number of benzene rings is 1. The van der Waals surface area contributed by atoms with Crippen LogP contribution in [-0.2, 0) is 6.54 Å². The standard InChI is InChI=1S/C13H17N3/c1-3-14-9-12-6-4-5-7-13(12)16-10-11(2)8-15-16/h4-8,10,14H,3,9H2,1-2H3. The molecule has 0 aliphatic carbocycles. The molecule has 0 spiro atoms. The van der Waals surface area contributed by atoms with E-state index in [1.807, 2.05) is 23.1 Å². The van der Waals surface area contributed by atoms with Gasteiger partial charge >= 0.3 is 0 Å². The molecule has 0 fully saturated rings. The summed E-state index contributed by atoms with van der Waals surface area (Å²) in [6.07, 6.45) is 3.93. The van der Waals surface area contributed by atoms with Gasteiger partial charge in [-0.15, -0.1) is 0 Å². The van der Waals surface area contributed by atoms with Crippen molar-refractivity contribution in [3.8, 4) is 5.69 Å². The maximum atomic E-state index is 4.34. The molecule has 0 aliphatic heterocycles. The molecule has 1 aromatic carbocycles. The number of nitrogens with zero attached hydrogens (tertiary/aromatic N) is 2. The number of aromatic nitrogens is 2. The highest BCUT2D eigenvalue weighted by Gasteiger charge is 2.03. The van der Waals surface area contributed by atoms with Crippen LogP contribution in [-0.4, -0.2) is 16.3 Å². The summed E-state index contributed by atoms with van der Waals surface area (Å²) in [7, 11) is 0. The molecular formula is C13H17N3. The zero-order valence-corrected chi connectivity index (χ0v) is 9.77. The molecule has 1 N–H and O–H groups in total. The third-order valence-electron chi connectivity index (χ3n) is 2.52. The van der Waals surface area contributed by atoms with E-state index in [0.717, 1.165) is 18.8 Å². The Balaban J connectivity index is 2.32. The Morgan fingerprint density at radius 1 is 1.31 bits per heavy atom. The van der Waals surface area contributed by atoms with Crippen molar-refractivity contribution in [2.45, 2.75) is 20.4 Å². The number of hydrogen-bond acceptors (Lipinski definition) is 2. The van der Waals surface area contributed by atoms with Crippen molar-refractivity contribution in [2.75, 3.05) is 6.54 Å². The summed E-state index contributed by atoms with van der Waals surface area (Å²) in [4.78, 5) is 0. The number of aryl methyl sites for hydroxylation is 1. The molecule has 3 heteroatoms. The Hall–Kier alpha value is -1.61. The Labute approximate surface area is 96.1 Å². The third-order valence-corrected chi connectivity index (χ3v) is 2.52. The SMILES string of the molecule is CCNCc1ccccc1-n1cc(C)cn1. The van der Waals surface area contributed by atoms with Crippen molar-refractivity contribution in [3.63, 3.8) is 0 Å². The van der Waals surface area contributed by atoms with Crippen LogP contribution in [0.1, 0.15) is 18.1 Å². The van der Waals surface area contributed by atoms with Gasteiger partial charge in [-0.25, -0.2) is 4.68 Å². The summed E-state index contributed by atoms with van der Waals surface area (Å²) in [5, 5.41) is 7.68. The quantitative estimate of drug-likeness (QED) is 0.848. The van der Waals surface area contributed by atoms with Crippen LogP contribution in [0, 0.1) is 6.92 Å². The Bertz CT molecular complexity index is 460. The molecule has 0 amide bonds. The highest BCUT2D eigenvalue weighted by molar-refractivity contribution is 5.40. The average molecular weight is 215 g/mol. The maximum absolute atomic E-state index is 4.34. The molecule has 3 nitrogen and oxygen atoms in total. The summed E-state index contributed by atoms with van der Waals surface area (Å²) in [6.45, 7) is 6.02. The third kappa shape index (κ3) is 2.31. The predicted molar refractivity (Wildman–Crippen MR) is 65.7 cm³/mol. The molecule has 1 aromatic heterocycles. The first-order valence-electron chi connectivity index (χ1n) is 5.61. The lowest BCUT2D eigenvalue weighted by atomic mass is 10.2. The largest absolute Gasteiger partial charge is 0.313 e. The van der Waals surface area contributed by atoms with E-state index in [1.54, 1.807) is 0 Å². The fourth-order valence-corrected chi connectivity index (χ4v) is 1.69. The molecule has 1 heterocycles. The Kier molecular flexibility index (Phi) is 3.37. The van der Waals surface area contributed by atoms with Crippen LogP contribution >= 0.6 is 0 Å². The second kappa shape index (κ2) is 4.94. The van der Waals surface area contributed by atoms with E-state index in [4.69, 9.17) is 0 Å². The van der Waals surface area contributed by atoms with Crippen LogP contribution in [0.25, 0.3) is 5.69 Å². The van der Waals surface area contributed by atoms with Crippen molar-refractivity contribution in [3.05, 3.63) is 47.8 Å². The summed E-state index contributed by atoms with van der Waals surface area (Å²) < 4.78 is 1.93. The van der Waals surface area contributed by atoms with E-state index < -0.39 is 0 Å². The number of para-hydroxylation sites is 1. The number of hydrogen-bond donors (Lipinski definition) is 1. The Morgan fingerprint density at radius 3 is 2.81 bits per heavy atom. The van der Waals surface area contributed by atoms with Gasteiger partial charge in [0.15, 0.2) is 0 Å². The van der Waals surface area contributed by atoms with E-state index in [2.05, 4.69) is 42.5 Å². The summed E-state index contributed by atoms with van der Waals surface area (Å²) in [5.74, 6) is 0. The van der Waals surface area contributed by atoms with Gasteiger partial charge in [-0.3, -0.25) is 0 Å². The molecule has 0 radical (unpaired) electrons. The molecule has 0 unspecified atom stereocenters. The van der Waals surface area contributed by atoms with Crippen LogP contribution in [0.5, 0.6) is 0 Å². The van der Waals surface area contributed by atoms with Crippen LogP contribution in [0.4, 0.5) is 0 Å². The summed E-state index contributed by atoms with van der Waals surface area (Å²) >= 11 is 0. The summed E-state index contributed by atoms with van der Waals surface area (Å²) in [6, 6.07) is 8.34. The van der Waals surface area contributed by atoms with Crippen molar-refractivity contribution in [1.82, 2.24) is 15.1 Å². The average Bonchev–Trinajstić information content (AvgIpc) is 2.73. The minimum atomic E-state index is 0.881. The van der Waals surface area contributed by atoms with Gasteiger partial charge in [-0.1, -0.05) is 25.1 Å². The molecule has 2 rings (SSSR count). The summed E-state index contributed by atoms with van der Waals surface area (Å²) in [5.41, 5.74) is 3.60. The van der Waals surface area contributed by atoms with Crippen LogP contribution < -0.4 is 5.32 Å². The van der Waals surface area contributed by atoms with Crippen LogP contribution in [0.2, 0.25) is 0 Å². The van der Waals surface area contributed by atoms with Gasteiger partial charge in [0, 0.05) is 12.7 Å². The zero-order chi connectivity index (χ0) is 11.4. The fraction of sp³-hybridized carbons (Fsp3) is 0.308. The molecule has 0 aliphatic rings. The van der Waals surface area contributed by atoms with Gasteiger partial charge in [0.2, 0.25) is 0 Å². The lowest BCUT2D eigenvalue weighted by molar-refractivity contribution is 0.717. The van der Waals surface area contributed by atoms with Crippen LogP contribution in [0.15, 0.2) is 36.7 Å². The molecule has 84 valence electrons. The number of nitrogens with one attached hydrogen (secondary N) is 1. The van der Waals surface area contributed by atoms with Gasteiger partial charge in [0.25, 0.3) is 0 Å². The van der Waals surface area contributed by atoms with Gasteiger partial charge in [-0.05, 0) is 30.7 Å². The lowest BCUT2D eigenvalue weighted by Gasteiger charge is -2.09. The van der Waals surface area contributed by atoms with Crippen molar-refractivity contribution in [2.24, 2.45) is 0 Å². The monoisotopic (exact) mass is 215 g/mol. The first kappa shape index (κ1) is 10.9. The van der Waals surface area contributed by atoms with E-state index in [9.17, 15) is 0 Å². The molecule has 0 saturated carbocycles. The van der Waals surface area contributed by atoms with E-state index in [0.29, 0.717) is 0 Å². The normalized spacial score (nSPS) is 10.6. The van der Waals surface area contributed by atoms with Crippen molar-refractivity contribution in [1.29, 1.82) is 0 Å². The van der Waals surface area contributed by atoms with E-state index in [1.165, 1.54) is 11.1 Å². The highest BCUT2D eigenvalue weighted by Crippen LogP contribution is 2.13. The van der Waals surface area contributed by atoms with Crippen molar-refractivity contribution < 1.29 is 0 Å². The molecule has 0 atom stereocenters. The number of rotatable bonds is 4. The topological polar surface area (TPSA) is 29.9 Å².